The molecule has 182 valence electrons. The van der Waals surface area contributed by atoms with E-state index in [1.165, 1.54) is 24.3 Å². The van der Waals surface area contributed by atoms with Crippen LogP contribution in [0, 0.1) is 18.6 Å². The average Bonchev–Trinajstić information content (AvgIpc) is 2.92. The van der Waals surface area contributed by atoms with Gasteiger partial charge in [-0.3, -0.25) is 4.79 Å². The zero-order chi connectivity index (χ0) is 25.8. The van der Waals surface area contributed by atoms with Crippen LogP contribution in [0.1, 0.15) is 21.5 Å². The molecule has 5 aromatic carbocycles. The molecule has 5 heteroatoms. The highest BCUT2D eigenvalue weighted by Crippen LogP contribution is 2.36. The molecule has 37 heavy (non-hydrogen) atoms. The van der Waals surface area contributed by atoms with E-state index < -0.39 is 10.9 Å². The second kappa shape index (κ2) is 11.2. The van der Waals surface area contributed by atoms with Gasteiger partial charge in [-0.25, -0.2) is 8.78 Å². The molecule has 0 aromatic heterocycles. The molecule has 0 radical (unpaired) electrons. The van der Waals surface area contributed by atoms with Crippen molar-refractivity contribution in [2.75, 3.05) is 0 Å². The molecule has 0 atom stereocenters. The summed E-state index contributed by atoms with van der Waals surface area (Å²) in [7, 11) is -0.527. The maximum absolute atomic E-state index is 13.7. The van der Waals surface area contributed by atoms with Gasteiger partial charge in [0, 0.05) is 27.0 Å². The number of ketones is 1. The Morgan fingerprint density at radius 2 is 1.24 bits per heavy atom. The summed E-state index contributed by atoms with van der Waals surface area (Å²) in [6, 6.07) is 36.3. The van der Waals surface area contributed by atoms with Gasteiger partial charge in [-0.1, -0.05) is 48.2 Å². The van der Waals surface area contributed by atoms with E-state index in [-0.39, 0.29) is 17.4 Å². The highest BCUT2D eigenvalue weighted by Gasteiger charge is 2.29. The van der Waals surface area contributed by atoms with Gasteiger partial charge in [-0.15, -0.1) is 0 Å². The van der Waals surface area contributed by atoms with E-state index in [9.17, 15) is 13.6 Å². The van der Waals surface area contributed by atoms with Crippen LogP contribution >= 0.6 is 11.8 Å². The Labute approximate surface area is 222 Å². The molecule has 0 aliphatic carbocycles. The van der Waals surface area contributed by atoms with Crippen LogP contribution in [-0.2, 0) is 10.9 Å². The minimum Gasteiger partial charge on any atom is -0.289 e. The second-order valence-electron chi connectivity index (χ2n) is 8.47. The van der Waals surface area contributed by atoms with E-state index >= 15 is 0 Å². The largest absolute Gasteiger partial charge is 0.289 e. The Balaban J connectivity index is 1.45. The molecule has 0 N–H and O–H groups in total. The third kappa shape index (κ3) is 5.85. The topological polar surface area (TPSA) is 17.1 Å². The first-order valence-electron chi connectivity index (χ1n) is 11.7. The summed E-state index contributed by atoms with van der Waals surface area (Å²) in [5.41, 5.74) is 2.35. The summed E-state index contributed by atoms with van der Waals surface area (Å²) in [4.78, 5) is 17.9. The number of rotatable bonds is 7. The van der Waals surface area contributed by atoms with E-state index in [4.69, 9.17) is 0 Å². The van der Waals surface area contributed by atoms with Crippen LogP contribution < -0.4 is 0 Å². The number of hydrogen-bond donors (Lipinski definition) is 0. The van der Waals surface area contributed by atoms with Crippen molar-refractivity contribution >= 4 is 28.4 Å². The van der Waals surface area contributed by atoms with E-state index in [0.29, 0.717) is 11.1 Å². The number of benzene rings is 5. The predicted octanol–water partition coefficient (Wildman–Crippen LogP) is 8.75. The highest BCUT2D eigenvalue weighted by atomic mass is 32.2. The van der Waals surface area contributed by atoms with E-state index in [2.05, 4.69) is 6.07 Å². The lowest BCUT2D eigenvalue weighted by Gasteiger charge is -2.11. The normalized spacial score (nSPS) is 11.0. The summed E-state index contributed by atoms with van der Waals surface area (Å²) in [5.74, 6) is -0.578. The molecule has 0 saturated heterocycles. The summed E-state index contributed by atoms with van der Waals surface area (Å²) in [5, 5.41) is 0. The Morgan fingerprint density at radius 3 is 1.84 bits per heavy atom. The van der Waals surface area contributed by atoms with E-state index in [1.54, 1.807) is 36.0 Å². The zero-order valence-electron chi connectivity index (χ0n) is 20.0. The first-order valence-corrected chi connectivity index (χ1v) is 13.8. The molecular weight excluding hydrogens is 502 g/mol. The van der Waals surface area contributed by atoms with Gasteiger partial charge >= 0.3 is 0 Å². The van der Waals surface area contributed by atoms with Crippen molar-refractivity contribution in [3.63, 3.8) is 0 Å². The van der Waals surface area contributed by atoms with Crippen molar-refractivity contribution in [2.45, 2.75) is 31.4 Å². The molecule has 1 nitrogen and oxygen atoms in total. The fourth-order valence-electron chi connectivity index (χ4n) is 4.00. The van der Waals surface area contributed by atoms with Crippen LogP contribution in [0.4, 0.5) is 8.78 Å². The van der Waals surface area contributed by atoms with Crippen molar-refractivity contribution in [1.29, 1.82) is 0 Å². The number of aryl methyl sites for hydroxylation is 1. The third-order valence-corrected chi connectivity index (χ3v) is 9.22. The van der Waals surface area contributed by atoms with Gasteiger partial charge in [-0.05, 0) is 91.3 Å². The number of halogens is 2. The van der Waals surface area contributed by atoms with Gasteiger partial charge in [0.05, 0.1) is 10.9 Å². The molecule has 0 aliphatic heterocycles. The highest BCUT2D eigenvalue weighted by molar-refractivity contribution is 7.99. The maximum atomic E-state index is 13.7. The number of carbonyl (C=O) groups excluding carboxylic acids is 1. The molecule has 5 rings (SSSR count). The Morgan fingerprint density at radius 1 is 0.622 bits per heavy atom. The van der Waals surface area contributed by atoms with Crippen LogP contribution in [-0.4, -0.2) is 5.78 Å². The van der Waals surface area contributed by atoms with Crippen molar-refractivity contribution in [3.8, 4) is 0 Å². The summed E-state index contributed by atoms with van der Waals surface area (Å²) in [6.45, 7) is 2.01. The predicted molar refractivity (Wildman–Crippen MR) is 147 cm³/mol. The molecule has 0 saturated carbocycles. The SMILES string of the molecule is Cc1cc(C(=O)c2ccccc2)ccc1Sc1cccc([S+](c2ccc(F)cc2)c2ccc(F)cc2)c1. The van der Waals surface area contributed by atoms with Crippen LogP contribution in [0.15, 0.2) is 146 Å². The molecule has 0 bridgehead atoms. The van der Waals surface area contributed by atoms with Crippen molar-refractivity contribution in [3.05, 3.63) is 150 Å². The molecule has 0 amide bonds. The smallest absolute Gasteiger partial charge is 0.193 e. The van der Waals surface area contributed by atoms with Crippen molar-refractivity contribution in [2.24, 2.45) is 0 Å². The molecule has 0 heterocycles. The van der Waals surface area contributed by atoms with Gasteiger partial charge < -0.3 is 0 Å². The summed E-state index contributed by atoms with van der Waals surface area (Å²) in [6.07, 6.45) is 0. The third-order valence-electron chi connectivity index (χ3n) is 5.84. The van der Waals surface area contributed by atoms with Crippen LogP contribution in [0.5, 0.6) is 0 Å². The average molecular weight is 526 g/mol. The van der Waals surface area contributed by atoms with Gasteiger partial charge in [0.15, 0.2) is 20.5 Å². The van der Waals surface area contributed by atoms with Crippen molar-refractivity contribution < 1.29 is 13.6 Å². The molecule has 0 unspecified atom stereocenters. The van der Waals surface area contributed by atoms with Crippen LogP contribution in [0.25, 0.3) is 0 Å². The molecule has 0 aliphatic rings. The van der Waals surface area contributed by atoms with Crippen molar-refractivity contribution in [1.82, 2.24) is 0 Å². The Hall–Kier alpha value is -3.67. The number of hydrogen-bond acceptors (Lipinski definition) is 2. The molecular formula is C32H23F2OS2+. The second-order valence-corrected chi connectivity index (χ2v) is 11.6. The summed E-state index contributed by atoms with van der Waals surface area (Å²) < 4.78 is 27.3. The lowest BCUT2D eigenvalue weighted by Crippen LogP contribution is -2.05. The maximum Gasteiger partial charge on any atom is 0.193 e. The minimum atomic E-state index is -0.527. The molecule has 0 fully saturated rings. The first kappa shape index (κ1) is 25.0. The Bertz CT molecular complexity index is 1490. The zero-order valence-corrected chi connectivity index (χ0v) is 21.7. The molecule has 5 aromatic rings. The first-order chi connectivity index (χ1) is 18.0. The fourth-order valence-corrected chi connectivity index (χ4v) is 7.11. The number of carbonyl (C=O) groups is 1. The lowest BCUT2D eigenvalue weighted by atomic mass is 10.0. The monoisotopic (exact) mass is 525 g/mol. The van der Waals surface area contributed by atoms with Gasteiger partial charge in [0.25, 0.3) is 0 Å². The van der Waals surface area contributed by atoms with E-state index in [1.807, 2.05) is 73.7 Å². The Kier molecular flexibility index (Phi) is 7.54. The molecule has 0 spiro atoms. The standard InChI is InChI=1S/C32H23F2OS2/c1-22-20-24(32(35)23-6-3-2-4-7-23)10-19-31(22)36-27-8-5-9-30(21-27)37(28-15-11-25(33)12-16-28)29-17-13-26(34)14-18-29/h2-21H,1H3/q+1. The van der Waals surface area contributed by atoms with Gasteiger partial charge in [-0.2, -0.15) is 0 Å². The van der Waals surface area contributed by atoms with Gasteiger partial charge in [0.2, 0.25) is 0 Å². The lowest BCUT2D eigenvalue weighted by molar-refractivity contribution is 0.103. The van der Waals surface area contributed by atoms with Crippen LogP contribution in [0.2, 0.25) is 0 Å². The van der Waals surface area contributed by atoms with Gasteiger partial charge in [0.1, 0.15) is 11.6 Å². The minimum absolute atomic E-state index is 0.00452. The summed E-state index contributed by atoms with van der Waals surface area (Å²) >= 11 is 1.63. The fraction of sp³-hybridized carbons (Fsp3) is 0.0312. The quantitative estimate of drug-likeness (QED) is 0.156. The van der Waals surface area contributed by atoms with E-state index in [0.717, 1.165) is 30.0 Å². The van der Waals surface area contributed by atoms with Crippen LogP contribution in [0.3, 0.4) is 0 Å².